The van der Waals surface area contributed by atoms with Gasteiger partial charge in [-0.3, -0.25) is 0 Å². The lowest BCUT2D eigenvalue weighted by Gasteiger charge is -2.17. The van der Waals surface area contributed by atoms with Crippen LogP contribution in [-0.4, -0.2) is 19.2 Å². The lowest BCUT2D eigenvalue weighted by molar-refractivity contribution is 0.576. The minimum atomic E-state index is -3.34. The molecule has 0 radical (unpaired) electrons. The standard InChI is InChI=1S/C11H16N2O2S2/c1-2-8-17(14,15)13-10(11(12)16)9-6-4-3-5-7-9/h3-7,10,13H,2,8H2,1H3,(H2,12,16). The minimum Gasteiger partial charge on any atom is -0.392 e. The first-order valence-electron chi connectivity index (χ1n) is 5.30. The Morgan fingerprint density at radius 3 is 2.47 bits per heavy atom. The summed E-state index contributed by atoms with van der Waals surface area (Å²) in [7, 11) is -3.34. The first kappa shape index (κ1) is 14.1. The molecule has 0 fully saturated rings. The average Bonchev–Trinajstić information content (AvgIpc) is 2.27. The van der Waals surface area contributed by atoms with Crippen molar-refractivity contribution < 1.29 is 8.42 Å². The molecule has 0 aliphatic heterocycles. The second-order valence-corrected chi connectivity index (χ2v) is 6.03. The van der Waals surface area contributed by atoms with Gasteiger partial charge in [0.25, 0.3) is 0 Å². The first-order valence-corrected chi connectivity index (χ1v) is 7.36. The van der Waals surface area contributed by atoms with E-state index in [1.165, 1.54) is 0 Å². The lowest BCUT2D eigenvalue weighted by atomic mass is 10.1. The van der Waals surface area contributed by atoms with Crippen molar-refractivity contribution in [1.29, 1.82) is 0 Å². The Kier molecular flexibility index (Phi) is 5.04. The Morgan fingerprint density at radius 1 is 1.41 bits per heavy atom. The molecule has 0 bridgehead atoms. The number of sulfonamides is 1. The van der Waals surface area contributed by atoms with Crippen LogP contribution in [0.3, 0.4) is 0 Å². The number of hydrogen-bond acceptors (Lipinski definition) is 3. The molecule has 0 saturated carbocycles. The fourth-order valence-electron chi connectivity index (χ4n) is 1.44. The highest BCUT2D eigenvalue weighted by atomic mass is 32.2. The maximum atomic E-state index is 11.7. The third-order valence-corrected chi connectivity index (χ3v) is 3.96. The fraction of sp³-hybridized carbons (Fsp3) is 0.364. The molecule has 0 spiro atoms. The van der Waals surface area contributed by atoms with Gasteiger partial charge in [0, 0.05) is 0 Å². The van der Waals surface area contributed by atoms with E-state index in [9.17, 15) is 8.42 Å². The SMILES string of the molecule is CCCS(=O)(=O)NC(C(N)=S)c1ccccc1. The van der Waals surface area contributed by atoms with Crippen molar-refractivity contribution in [1.82, 2.24) is 4.72 Å². The van der Waals surface area contributed by atoms with Crippen LogP contribution in [-0.2, 0) is 10.0 Å². The van der Waals surface area contributed by atoms with Crippen molar-refractivity contribution in [2.75, 3.05) is 5.75 Å². The lowest BCUT2D eigenvalue weighted by Crippen LogP contribution is -2.37. The summed E-state index contributed by atoms with van der Waals surface area (Å²) in [6.07, 6.45) is 0.550. The number of nitrogens with one attached hydrogen (secondary N) is 1. The molecule has 94 valence electrons. The van der Waals surface area contributed by atoms with Crippen molar-refractivity contribution in [3.8, 4) is 0 Å². The number of benzene rings is 1. The molecule has 0 aliphatic carbocycles. The van der Waals surface area contributed by atoms with Gasteiger partial charge in [0.2, 0.25) is 10.0 Å². The zero-order valence-electron chi connectivity index (χ0n) is 9.59. The summed E-state index contributed by atoms with van der Waals surface area (Å²) in [4.78, 5) is 0.121. The smallest absolute Gasteiger partial charge is 0.212 e. The molecule has 1 aromatic carbocycles. The summed E-state index contributed by atoms with van der Waals surface area (Å²) in [6, 6.07) is 8.42. The van der Waals surface area contributed by atoms with Gasteiger partial charge >= 0.3 is 0 Å². The molecule has 0 saturated heterocycles. The molecule has 1 aromatic rings. The molecule has 1 atom stereocenters. The highest BCUT2D eigenvalue weighted by Gasteiger charge is 2.20. The molecular formula is C11H16N2O2S2. The van der Waals surface area contributed by atoms with Crippen LogP contribution in [0.2, 0.25) is 0 Å². The van der Waals surface area contributed by atoms with Crippen molar-refractivity contribution in [2.45, 2.75) is 19.4 Å². The van der Waals surface area contributed by atoms with E-state index in [1.54, 1.807) is 19.1 Å². The molecule has 6 heteroatoms. The van der Waals surface area contributed by atoms with Gasteiger partial charge in [-0.2, -0.15) is 0 Å². The second kappa shape index (κ2) is 6.09. The summed E-state index contributed by atoms with van der Waals surface area (Å²) in [5, 5.41) is 0. The molecule has 0 amide bonds. The zero-order valence-corrected chi connectivity index (χ0v) is 11.2. The van der Waals surface area contributed by atoms with Gasteiger partial charge in [0.1, 0.15) is 0 Å². The number of hydrogen-bond donors (Lipinski definition) is 2. The van der Waals surface area contributed by atoms with E-state index in [0.29, 0.717) is 6.42 Å². The predicted molar refractivity (Wildman–Crippen MR) is 73.2 cm³/mol. The molecule has 4 nitrogen and oxygen atoms in total. The highest BCUT2D eigenvalue weighted by molar-refractivity contribution is 7.89. The van der Waals surface area contributed by atoms with Crippen LogP contribution in [0.25, 0.3) is 0 Å². The fourth-order valence-corrected chi connectivity index (χ4v) is 2.99. The van der Waals surface area contributed by atoms with Crippen LogP contribution in [0.5, 0.6) is 0 Å². The van der Waals surface area contributed by atoms with E-state index in [4.69, 9.17) is 18.0 Å². The summed E-state index contributed by atoms with van der Waals surface area (Å²) in [5.41, 5.74) is 6.33. The highest BCUT2D eigenvalue weighted by Crippen LogP contribution is 2.14. The van der Waals surface area contributed by atoms with Gasteiger partial charge in [-0.15, -0.1) is 0 Å². The van der Waals surface area contributed by atoms with Crippen LogP contribution < -0.4 is 10.5 Å². The van der Waals surface area contributed by atoms with E-state index in [-0.39, 0.29) is 10.7 Å². The normalized spacial score (nSPS) is 13.2. The molecule has 0 aromatic heterocycles. The summed E-state index contributed by atoms with van der Waals surface area (Å²) >= 11 is 4.90. The van der Waals surface area contributed by atoms with Crippen LogP contribution in [0.15, 0.2) is 30.3 Å². The Hall–Kier alpha value is -0.980. The van der Waals surface area contributed by atoms with Gasteiger partial charge in [-0.05, 0) is 12.0 Å². The third-order valence-electron chi connectivity index (χ3n) is 2.19. The van der Waals surface area contributed by atoms with E-state index < -0.39 is 16.1 Å². The van der Waals surface area contributed by atoms with Crippen LogP contribution in [0.4, 0.5) is 0 Å². The van der Waals surface area contributed by atoms with E-state index >= 15 is 0 Å². The molecule has 3 N–H and O–H groups in total. The molecule has 17 heavy (non-hydrogen) atoms. The van der Waals surface area contributed by atoms with Crippen molar-refractivity contribution in [3.05, 3.63) is 35.9 Å². The summed E-state index contributed by atoms with van der Waals surface area (Å²) in [5.74, 6) is 0.0684. The van der Waals surface area contributed by atoms with Gasteiger partial charge in [-0.25, -0.2) is 13.1 Å². The topological polar surface area (TPSA) is 72.2 Å². The maximum Gasteiger partial charge on any atom is 0.212 e. The predicted octanol–water partition coefficient (Wildman–Crippen LogP) is 1.34. The molecule has 1 unspecified atom stereocenters. The quantitative estimate of drug-likeness (QED) is 0.767. The molecule has 0 heterocycles. The Morgan fingerprint density at radius 2 is 2.00 bits per heavy atom. The first-order chi connectivity index (χ1) is 7.96. The van der Waals surface area contributed by atoms with E-state index in [0.717, 1.165) is 5.56 Å². The van der Waals surface area contributed by atoms with Crippen molar-refractivity contribution >= 4 is 27.2 Å². The maximum absolute atomic E-state index is 11.7. The average molecular weight is 272 g/mol. The number of rotatable bonds is 6. The van der Waals surface area contributed by atoms with E-state index in [1.807, 2.05) is 18.2 Å². The molecule has 1 rings (SSSR count). The summed E-state index contributed by atoms with van der Waals surface area (Å²) in [6.45, 7) is 1.80. The number of nitrogens with two attached hydrogens (primary N) is 1. The van der Waals surface area contributed by atoms with Crippen molar-refractivity contribution in [2.24, 2.45) is 5.73 Å². The summed E-state index contributed by atoms with van der Waals surface area (Å²) < 4.78 is 25.9. The zero-order chi connectivity index (χ0) is 12.9. The second-order valence-electron chi connectivity index (χ2n) is 3.68. The monoisotopic (exact) mass is 272 g/mol. The van der Waals surface area contributed by atoms with Crippen LogP contribution >= 0.6 is 12.2 Å². The Balaban J connectivity index is 2.93. The van der Waals surface area contributed by atoms with Crippen LogP contribution in [0.1, 0.15) is 24.9 Å². The van der Waals surface area contributed by atoms with Gasteiger partial charge in [-0.1, -0.05) is 49.5 Å². The Labute approximate surface area is 107 Å². The van der Waals surface area contributed by atoms with Gasteiger partial charge < -0.3 is 5.73 Å². The minimum absolute atomic E-state index is 0.0684. The Bertz CT molecular complexity index is 472. The van der Waals surface area contributed by atoms with Gasteiger partial charge in [0.05, 0.1) is 16.8 Å². The van der Waals surface area contributed by atoms with Gasteiger partial charge in [0.15, 0.2) is 0 Å². The van der Waals surface area contributed by atoms with Crippen LogP contribution in [0, 0.1) is 0 Å². The molecule has 0 aliphatic rings. The largest absolute Gasteiger partial charge is 0.392 e. The van der Waals surface area contributed by atoms with Crippen molar-refractivity contribution in [3.63, 3.8) is 0 Å². The number of thiocarbonyl (C=S) groups is 1. The molecular weight excluding hydrogens is 256 g/mol. The third kappa shape index (κ3) is 4.41. The van der Waals surface area contributed by atoms with E-state index in [2.05, 4.69) is 4.72 Å².